The van der Waals surface area contributed by atoms with Crippen LogP contribution in [0.4, 0.5) is 11.4 Å². The Kier molecular flexibility index (Phi) is 3.28. The number of benzene rings is 2. The van der Waals surface area contributed by atoms with Gasteiger partial charge in [0.1, 0.15) is 0 Å². The van der Waals surface area contributed by atoms with Gasteiger partial charge in [-0.1, -0.05) is 24.3 Å². The molecule has 4 fully saturated rings. The van der Waals surface area contributed by atoms with Crippen LogP contribution in [0.1, 0.15) is 0 Å². The maximum atomic E-state index is 5.45. The van der Waals surface area contributed by atoms with E-state index < -0.39 is 0 Å². The summed E-state index contributed by atoms with van der Waals surface area (Å²) in [5, 5.41) is 0. The van der Waals surface area contributed by atoms with E-state index >= 15 is 0 Å². The molecule has 4 heterocycles. The minimum Gasteiger partial charge on any atom is -0.351 e. The van der Waals surface area contributed by atoms with Crippen molar-refractivity contribution in [2.75, 3.05) is 36.2 Å². The lowest BCUT2D eigenvalue weighted by Crippen LogP contribution is -2.29. The molecule has 0 aromatic heterocycles. The Bertz CT molecular complexity index is 700. The molecule has 0 N–H and O–H groups in total. The van der Waals surface area contributed by atoms with Crippen LogP contribution in [0.3, 0.4) is 0 Å². The zero-order valence-corrected chi connectivity index (χ0v) is 14.3. The number of nitrogens with zero attached hydrogens (tertiary/aromatic N) is 2. The van der Waals surface area contributed by atoms with E-state index in [1.807, 2.05) is 0 Å². The Morgan fingerprint density at radius 2 is 0.769 bits per heavy atom. The van der Waals surface area contributed by atoms with E-state index in [0.29, 0.717) is 0 Å². The molecule has 0 spiro atoms. The van der Waals surface area contributed by atoms with E-state index in [2.05, 4.69) is 58.3 Å². The topological polar surface area (TPSA) is 56.6 Å². The Hall–Kier alpha value is -2.12. The number of rotatable bonds is 7. The van der Waals surface area contributed by atoms with Crippen molar-refractivity contribution in [2.45, 2.75) is 24.9 Å². The minimum atomic E-state index is 0.174. The first-order valence-electron chi connectivity index (χ1n) is 9.10. The molecule has 0 amide bonds. The van der Waals surface area contributed by atoms with Crippen LogP contribution in [0.5, 0.6) is 0 Å². The fourth-order valence-corrected chi connectivity index (χ4v) is 3.50. The van der Waals surface area contributed by atoms with Gasteiger partial charge in [0, 0.05) is 11.4 Å². The summed E-state index contributed by atoms with van der Waals surface area (Å²) in [6, 6.07) is 17.2. The van der Waals surface area contributed by atoms with Crippen molar-refractivity contribution in [1.29, 1.82) is 0 Å². The third kappa shape index (κ3) is 2.85. The van der Waals surface area contributed by atoms with Crippen molar-refractivity contribution in [3.63, 3.8) is 0 Å². The number of epoxide rings is 4. The molecule has 4 aliphatic rings. The van der Waals surface area contributed by atoms with E-state index in [9.17, 15) is 0 Å². The van der Waals surface area contributed by atoms with E-state index in [4.69, 9.17) is 18.9 Å². The Morgan fingerprint density at radius 1 is 0.500 bits per heavy atom. The number of hydrogen-bond acceptors (Lipinski definition) is 6. The van der Waals surface area contributed by atoms with Gasteiger partial charge in [0.2, 0.25) is 0 Å². The van der Waals surface area contributed by atoms with Gasteiger partial charge in [-0.3, -0.25) is 0 Å². The predicted octanol–water partition coefficient (Wildman–Crippen LogP) is 2.39. The van der Waals surface area contributed by atoms with Crippen molar-refractivity contribution in [2.24, 2.45) is 0 Å². The first-order valence-corrected chi connectivity index (χ1v) is 9.10. The van der Waals surface area contributed by atoms with Gasteiger partial charge in [-0.15, -0.1) is 0 Å². The van der Waals surface area contributed by atoms with Crippen molar-refractivity contribution >= 4 is 11.4 Å². The summed E-state index contributed by atoms with van der Waals surface area (Å²) in [4.78, 5) is 4.44. The minimum absolute atomic E-state index is 0.174. The summed E-state index contributed by atoms with van der Waals surface area (Å²) < 4.78 is 21.8. The van der Waals surface area contributed by atoms with Crippen LogP contribution in [0.15, 0.2) is 48.5 Å². The first-order chi connectivity index (χ1) is 12.9. The second kappa shape index (κ2) is 5.69. The Balaban J connectivity index is 1.22. The Labute approximate surface area is 151 Å². The third-order valence-electron chi connectivity index (χ3n) is 5.17. The predicted molar refractivity (Wildman–Crippen MR) is 95.8 cm³/mol. The van der Waals surface area contributed by atoms with Crippen LogP contribution >= 0.6 is 0 Å². The van der Waals surface area contributed by atoms with E-state index in [0.717, 1.165) is 37.8 Å². The van der Waals surface area contributed by atoms with Gasteiger partial charge in [0.25, 0.3) is 0 Å². The first kappa shape index (κ1) is 15.0. The number of ether oxygens (including phenoxy) is 4. The standard InChI is InChI=1S/C20H20N2O4/c1-5-15(21(17-9-23-17)18-10-24-18)6-2-13(1)14-3-7-16(8-4-14)22(19-11-25-19)20-12-26-20/h1-8,17-20H,9-12H2. The molecule has 6 heteroatoms. The van der Waals surface area contributed by atoms with E-state index in [-0.39, 0.29) is 24.9 Å². The zero-order valence-electron chi connectivity index (χ0n) is 14.3. The highest BCUT2D eigenvalue weighted by atomic mass is 16.6. The molecule has 2 aromatic rings. The number of anilines is 2. The quantitative estimate of drug-likeness (QED) is 0.713. The summed E-state index contributed by atoms with van der Waals surface area (Å²) in [6.45, 7) is 3.15. The molecule has 134 valence electrons. The smallest absolute Gasteiger partial charge is 0.156 e. The second-order valence-corrected chi connectivity index (χ2v) is 7.06. The molecule has 2 aromatic carbocycles. The van der Waals surface area contributed by atoms with Crippen LogP contribution in [0.2, 0.25) is 0 Å². The Morgan fingerprint density at radius 3 is 1.00 bits per heavy atom. The molecular weight excluding hydrogens is 332 g/mol. The zero-order chi connectivity index (χ0) is 17.1. The third-order valence-corrected chi connectivity index (χ3v) is 5.17. The molecule has 6 nitrogen and oxygen atoms in total. The van der Waals surface area contributed by atoms with Crippen molar-refractivity contribution in [3.8, 4) is 11.1 Å². The summed E-state index contributed by atoms with van der Waals surface area (Å²) in [7, 11) is 0. The summed E-state index contributed by atoms with van der Waals surface area (Å²) >= 11 is 0. The molecule has 4 unspecified atom stereocenters. The molecule has 0 radical (unpaired) electrons. The lowest BCUT2D eigenvalue weighted by atomic mass is 10.0. The molecule has 0 aliphatic carbocycles. The molecule has 0 saturated carbocycles. The summed E-state index contributed by atoms with van der Waals surface area (Å²) in [5.74, 6) is 0. The number of hydrogen-bond donors (Lipinski definition) is 0. The van der Waals surface area contributed by atoms with Crippen LogP contribution in [0.25, 0.3) is 11.1 Å². The van der Waals surface area contributed by atoms with Gasteiger partial charge in [0.05, 0.1) is 26.4 Å². The van der Waals surface area contributed by atoms with E-state index in [1.165, 1.54) is 11.1 Å². The fraction of sp³-hybridized carbons (Fsp3) is 0.400. The summed E-state index contributed by atoms with van der Waals surface area (Å²) in [6.07, 6.45) is 0.696. The van der Waals surface area contributed by atoms with Crippen LogP contribution in [-0.2, 0) is 18.9 Å². The van der Waals surface area contributed by atoms with Crippen LogP contribution < -0.4 is 9.80 Å². The highest BCUT2D eigenvalue weighted by Crippen LogP contribution is 2.35. The molecule has 6 rings (SSSR count). The van der Waals surface area contributed by atoms with Gasteiger partial charge < -0.3 is 28.7 Å². The molecule has 4 atom stereocenters. The second-order valence-electron chi connectivity index (χ2n) is 7.06. The van der Waals surface area contributed by atoms with Crippen LogP contribution in [0, 0.1) is 0 Å². The molecule has 26 heavy (non-hydrogen) atoms. The molecule has 0 bridgehead atoms. The van der Waals surface area contributed by atoms with Gasteiger partial charge in [-0.05, 0) is 35.4 Å². The monoisotopic (exact) mass is 352 g/mol. The van der Waals surface area contributed by atoms with E-state index in [1.54, 1.807) is 0 Å². The summed E-state index contributed by atoms with van der Waals surface area (Å²) in [5.41, 5.74) is 4.70. The lowest BCUT2D eigenvalue weighted by molar-refractivity contribution is 0.344. The molecule has 4 aliphatic heterocycles. The average molecular weight is 352 g/mol. The fourth-order valence-electron chi connectivity index (χ4n) is 3.50. The molecule has 4 saturated heterocycles. The van der Waals surface area contributed by atoms with Gasteiger partial charge in [-0.25, -0.2) is 0 Å². The normalized spacial score (nSPS) is 30.6. The van der Waals surface area contributed by atoms with Gasteiger partial charge in [0.15, 0.2) is 24.9 Å². The molecular formula is C20H20N2O4. The van der Waals surface area contributed by atoms with Crippen molar-refractivity contribution < 1.29 is 18.9 Å². The SMILES string of the molecule is c1cc(N(C2CO2)C2CO2)ccc1-c1ccc(N(C2CO2)C2CO2)cc1. The largest absolute Gasteiger partial charge is 0.351 e. The van der Waals surface area contributed by atoms with Gasteiger partial charge in [-0.2, -0.15) is 0 Å². The maximum absolute atomic E-state index is 5.45. The average Bonchev–Trinajstić information content (AvgIpc) is 3.50. The maximum Gasteiger partial charge on any atom is 0.156 e. The lowest BCUT2D eigenvalue weighted by Gasteiger charge is -2.21. The van der Waals surface area contributed by atoms with Crippen LogP contribution in [-0.4, -0.2) is 51.3 Å². The van der Waals surface area contributed by atoms with Crippen molar-refractivity contribution in [1.82, 2.24) is 0 Å². The van der Waals surface area contributed by atoms with Gasteiger partial charge >= 0.3 is 0 Å². The highest BCUT2D eigenvalue weighted by Gasteiger charge is 2.42. The van der Waals surface area contributed by atoms with Crippen molar-refractivity contribution in [3.05, 3.63) is 48.5 Å². The highest BCUT2D eigenvalue weighted by molar-refractivity contribution is 5.69.